The van der Waals surface area contributed by atoms with Crippen LogP contribution in [0.5, 0.6) is 5.75 Å². The maximum atomic E-state index is 14.3. The van der Waals surface area contributed by atoms with Crippen LogP contribution in [0.3, 0.4) is 0 Å². The van der Waals surface area contributed by atoms with E-state index in [1.165, 1.54) is 17.4 Å². The van der Waals surface area contributed by atoms with E-state index in [1.807, 2.05) is 0 Å². The van der Waals surface area contributed by atoms with Crippen LogP contribution in [0.2, 0.25) is 5.02 Å². The van der Waals surface area contributed by atoms with E-state index in [9.17, 15) is 9.18 Å². The number of benzene rings is 1. The lowest BCUT2D eigenvalue weighted by atomic mass is 9.90. The van der Waals surface area contributed by atoms with Crippen LogP contribution in [0.1, 0.15) is 31.2 Å². The molecule has 2 fully saturated rings. The molecule has 32 heavy (non-hydrogen) atoms. The van der Waals surface area contributed by atoms with Crippen molar-refractivity contribution in [3.8, 4) is 5.75 Å². The maximum absolute atomic E-state index is 14.3. The van der Waals surface area contributed by atoms with Gasteiger partial charge in [-0.25, -0.2) is 14.4 Å². The summed E-state index contributed by atoms with van der Waals surface area (Å²) in [6.07, 6.45) is 7.93. The lowest BCUT2D eigenvalue weighted by Gasteiger charge is -2.32. The number of nitrogens with zero attached hydrogens (tertiary/aromatic N) is 4. The minimum absolute atomic E-state index is 0.0613. The number of carbonyl (C=O) groups is 1. The summed E-state index contributed by atoms with van der Waals surface area (Å²) in [4.78, 5) is 24.1. The number of amides is 1. The monoisotopic (exact) mass is 460 g/mol. The number of aromatic nitrogens is 2. The summed E-state index contributed by atoms with van der Waals surface area (Å²) >= 11 is 5.88. The largest absolute Gasteiger partial charge is 0.493 e. The van der Waals surface area contributed by atoms with Crippen LogP contribution in [-0.4, -0.2) is 54.6 Å². The van der Waals surface area contributed by atoms with Crippen molar-refractivity contribution in [2.24, 2.45) is 17.8 Å². The molecule has 8 heteroatoms. The highest BCUT2D eigenvalue weighted by atomic mass is 35.5. The molecule has 2 aliphatic rings. The first kappa shape index (κ1) is 22.8. The van der Waals surface area contributed by atoms with Gasteiger partial charge in [-0.1, -0.05) is 17.7 Å². The summed E-state index contributed by atoms with van der Waals surface area (Å²) in [5, 5.41) is 0.560. The molecule has 1 saturated carbocycles. The Morgan fingerprint density at radius 3 is 2.62 bits per heavy atom. The van der Waals surface area contributed by atoms with Crippen molar-refractivity contribution in [1.82, 2.24) is 14.9 Å². The Morgan fingerprint density at radius 2 is 1.97 bits per heavy atom. The van der Waals surface area contributed by atoms with E-state index < -0.39 is 5.82 Å². The van der Waals surface area contributed by atoms with Crippen LogP contribution in [-0.2, 0) is 11.2 Å². The molecule has 1 aliphatic heterocycles. The maximum Gasteiger partial charge on any atom is 0.226 e. The Morgan fingerprint density at radius 1 is 1.25 bits per heavy atom. The summed E-state index contributed by atoms with van der Waals surface area (Å²) < 4.78 is 20.1. The van der Waals surface area contributed by atoms with E-state index in [4.69, 9.17) is 16.3 Å². The Labute approximate surface area is 193 Å². The fraction of sp³-hybridized carbons (Fsp3) is 0.542. The molecule has 1 amide bonds. The van der Waals surface area contributed by atoms with Crippen LogP contribution in [0, 0.1) is 23.6 Å². The van der Waals surface area contributed by atoms with Crippen molar-refractivity contribution in [1.29, 1.82) is 0 Å². The second-order valence-corrected chi connectivity index (χ2v) is 9.48. The van der Waals surface area contributed by atoms with E-state index >= 15 is 0 Å². The lowest BCUT2D eigenvalue weighted by Crippen LogP contribution is -2.35. The quantitative estimate of drug-likeness (QED) is 0.590. The van der Waals surface area contributed by atoms with Gasteiger partial charge in [0.05, 0.1) is 30.4 Å². The molecule has 1 aromatic heterocycles. The van der Waals surface area contributed by atoms with Gasteiger partial charge in [-0.15, -0.1) is 0 Å². The molecule has 0 bridgehead atoms. The standard InChI is InChI=1S/C24H30ClFN4O2/c1-29(2)23(31)12-18-3-4-20(13-22(18)26)32-10-7-17-11-21(17)16-5-8-30(9-6-16)24-27-14-19(25)15-28-24/h3-4,13-17,21H,5-12H2,1-2H3. The first-order chi connectivity index (χ1) is 15.4. The molecule has 0 N–H and O–H groups in total. The first-order valence-corrected chi connectivity index (χ1v) is 11.6. The van der Waals surface area contributed by atoms with Gasteiger partial charge in [0, 0.05) is 33.3 Å². The molecule has 0 radical (unpaired) electrons. The molecule has 172 valence electrons. The molecular weight excluding hydrogens is 431 g/mol. The third-order valence-electron chi connectivity index (χ3n) is 6.63. The summed E-state index contributed by atoms with van der Waals surface area (Å²) in [7, 11) is 3.33. The fourth-order valence-electron chi connectivity index (χ4n) is 4.59. The average Bonchev–Trinajstić information content (AvgIpc) is 3.55. The molecule has 2 atom stereocenters. The van der Waals surface area contributed by atoms with Gasteiger partial charge in [-0.2, -0.15) is 0 Å². The summed E-state index contributed by atoms with van der Waals surface area (Å²) in [5.41, 5.74) is 0.397. The minimum atomic E-state index is -0.390. The van der Waals surface area contributed by atoms with Crippen molar-refractivity contribution in [3.05, 3.63) is 47.0 Å². The molecule has 0 spiro atoms. The average molecular weight is 461 g/mol. The zero-order chi connectivity index (χ0) is 22.7. The highest BCUT2D eigenvalue weighted by Gasteiger charge is 2.43. The zero-order valence-electron chi connectivity index (χ0n) is 18.6. The molecular formula is C24H30ClFN4O2. The Balaban J connectivity index is 1.17. The fourth-order valence-corrected chi connectivity index (χ4v) is 4.68. The van der Waals surface area contributed by atoms with Crippen LogP contribution in [0.4, 0.5) is 10.3 Å². The number of ether oxygens (including phenoxy) is 1. The molecule has 2 aromatic rings. The summed E-state index contributed by atoms with van der Waals surface area (Å²) in [6.45, 7) is 2.55. The number of anilines is 1. The van der Waals surface area contributed by atoms with Crippen LogP contribution >= 0.6 is 11.6 Å². The molecule has 1 aromatic carbocycles. The third-order valence-corrected chi connectivity index (χ3v) is 6.83. The van der Waals surface area contributed by atoms with E-state index in [0.29, 0.717) is 28.9 Å². The first-order valence-electron chi connectivity index (χ1n) is 11.2. The molecule has 2 heterocycles. The second kappa shape index (κ2) is 10.0. The number of likely N-dealkylation sites (N-methyl/N-ethyl adjacent to an activating group) is 1. The molecule has 1 saturated heterocycles. The number of hydrogen-bond acceptors (Lipinski definition) is 5. The summed E-state index contributed by atoms with van der Waals surface area (Å²) in [5.74, 6) is 2.98. The van der Waals surface area contributed by atoms with Crippen molar-refractivity contribution in [2.75, 3.05) is 38.7 Å². The van der Waals surface area contributed by atoms with Gasteiger partial charge in [0.2, 0.25) is 11.9 Å². The molecule has 4 rings (SSSR count). The van der Waals surface area contributed by atoms with E-state index in [1.54, 1.807) is 38.6 Å². The number of carbonyl (C=O) groups excluding carboxylic acids is 1. The van der Waals surface area contributed by atoms with E-state index in [2.05, 4.69) is 14.9 Å². The predicted molar refractivity (Wildman–Crippen MR) is 122 cm³/mol. The second-order valence-electron chi connectivity index (χ2n) is 9.04. The van der Waals surface area contributed by atoms with E-state index in [0.717, 1.165) is 50.1 Å². The van der Waals surface area contributed by atoms with Crippen molar-refractivity contribution in [3.63, 3.8) is 0 Å². The van der Waals surface area contributed by atoms with Crippen molar-refractivity contribution >= 4 is 23.5 Å². The SMILES string of the molecule is CN(C)C(=O)Cc1ccc(OCCC2CC2C2CCN(c3ncc(Cl)cn3)CC2)cc1F. The summed E-state index contributed by atoms with van der Waals surface area (Å²) in [6, 6.07) is 4.78. The van der Waals surface area contributed by atoms with E-state index in [-0.39, 0.29) is 12.3 Å². The van der Waals surface area contributed by atoms with Crippen molar-refractivity contribution < 1.29 is 13.9 Å². The smallest absolute Gasteiger partial charge is 0.226 e. The van der Waals surface area contributed by atoms with Crippen molar-refractivity contribution in [2.45, 2.75) is 32.1 Å². The highest BCUT2D eigenvalue weighted by molar-refractivity contribution is 6.30. The van der Waals surface area contributed by atoms with Gasteiger partial charge in [0.1, 0.15) is 11.6 Å². The number of piperidine rings is 1. The third kappa shape index (κ3) is 5.68. The zero-order valence-corrected chi connectivity index (χ0v) is 19.4. The van der Waals surface area contributed by atoms with Crippen LogP contribution < -0.4 is 9.64 Å². The van der Waals surface area contributed by atoms with Gasteiger partial charge in [-0.3, -0.25) is 4.79 Å². The van der Waals surface area contributed by atoms with Gasteiger partial charge in [0.15, 0.2) is 0 Å². The molecule has 1 aliphatic carbocycles. The number of hydrogen-bond donors (Lipinski definition) is 0. The Bertz CT molecular complexity index is 932. The Kier molecular flexibility index (Phi) is 7.13. The topological polar surface area (TPSA) is 58.6 Å². The number of halogens is 2. The highest BCUT2D eigenvalue weighted by Crippen LogP contribution is 2.49. The van der Waals surface area contributed by atoms with Gasteiger partial charge >= 0.3 is 0 Å². The van der Waals surface area contributed by atoms with Gasteiger partial charge in [-0.05, 0) is 55.1 Å². The van der Waals surface area contributed by atoms with Gasteiger partial charge < -0.3 is 14.5 Å². The minimum Gasteiger partial charge on any atom is -0.493 e. The van der Waals surface area contributed by atoms with Crippen LogP contribution in [0.25, 0.3) is 0 Å². The Hall–Kier alpha value is -2.41. The lowest BCUT2D eigenvalue weighted by molar-refractivity contribution is -0.128. The normalized spacial score (nSPS) is 20.8. The van der Waals surface area contributed by atoms with Gasteiger partial charge in [0.25, 0.3) is 0 Å². The van der Waals surface area contributed by atoms with Crippen LogP contribution in [0.15, 0.2) is 30.6 Å². The molecule has 6 nitrogen and oxygen atoms in total. The number of rotatable bonds is 8. The molecule has 2 unspecified atom stereocenters. The predicted octanol–water partition coefficient (Wildman–Crippen LogP) is 4.22.